The van der Waals surface area contributed by atoms with Crippen LogP contribution in [0.2, 0.25) is 0 Å². The van der Waals surface area contributed by atoms with Crippen LogP contribution in [-0.4, -0.2) is 49.0 Å². The summed E-state index contributed by atoms with van der Waals surface area (Å²) < 4.78 is 0. The molecule has 0 aromatic heterocycles. The fourth-order valence-corrected chi connectivity index (χ4v) is 5.32. The second kappa shape index (κ2) is 12.6. The minimum atomic E-state index is 0.408. The zero-order chi connectivity index (χ0) is 24.3. The Morgan fingerprint density at radius 1 is 0.771 bits per heavy atom. The van der Waals surface area contributed by atoms with Crippen molar-refractivity contribution in [1.82, 2.24) is 4.90 Å². The van der Waals surface area contributed by atoms with Gasteiger partial charge in [0.05, 0.1) is 6.54 Å². The molecule has 2 aliphatic heterocycles. The molecule has 1 N–H and O–H groups in total. The number of carbonyl (C=O) groups is 1. The summed E-state index contributed by atoms with van der Waals surface area (Å²) in [5.41, 5.74) is 4.64. The zero-order valence-corrected chi connectivity index (χ0v) is 20.7. The first-order valence-corrected chi connectivity index (χ1v) is 12.9. The number of carbonyl (C=O) groups excluding carboxylic acids is 1. The number of anilines is 1. The number of aryl methyl sites for hydroxylation is 2. The van der Waals surface area contributed by atoms with E-state index < -0.39 is 0 Å². The Hall–Kier alpha value is -3.11. The maximum atomic E-state index is 10.5. The first-order chi connectivity index (χ1) is 17.2. The minimum absolute atomic E-state index is 0.408. The molecule has 0 unspecified atom stereocenters. The van der Waals surface area contributed by atoms with Gasteiger partial charge in [-0.1, -0.05) is 60.7 Å². The van der Waals surface area contributed by atoms with E-state index in [9.17, 15) is 9.90 Å². The largest absolute Gasteiger partial charge is 0.508 e. The molecule has 0 atom stereocenters. The Kier molecular flexibility index (Phi) is 8.96. The average molecular weight is 471 g/mol. The summed E-state index contributed by atoms with van der Waals surface area (Å²) in [5, 5.41) is 9.19. The fourth-order valence-electron chi connectivity index (χ4n) is 5.32. The van der Waals surface area contributed by atoms with Crippen LogP contribution in [-0.2, 0) is 17.6 Å². The summed E-state index contributed by atoms with van der Waals surface area (Å²) in [7, 11) is 0. The maximum Gasteiger partial charge on any atom is 0.133 e. The molecule has 184 valence electrons. The van der Waals surface area contributed by atoms with E-state index in [1.165, 1.54) is 62.0 Å². The highest BCUT2D eigenvalue weighted by atomic mass is 16.3. The summed E-state index contributed by atoms with van der Waals surface area (Å²) in [5.74, 6) is 0.408. The van der Waals surface area contributed by atoms with Crippen LogP contribution in [0.15, 0.2) is 84.9 Å². The third kappa shape index (κ3) is 7.19. The predicted molar refractivity (Wildman–Crippen MR) is 144 cm³/mol. The molecule has 2 fully saturated rings. The van der Waals surface area contributed by atoms with Gasteiger partial charge in [-0.2, -0.15) is 0 Å². The molecule has 0 saturated carbocycles. The van der Waals surface area contributed by atoms with Crippen molar-refractivity contribution in [2.75, 3.05) is 37.6 Å². The molecule has 2 heterocycles. The van der Waals surface area contributed by atoms with Crippen LogP contribution in [0.3, 0.4) is 0 Å². The van der Waals surface area contributed by atoms with Gasteiger partial charge < -0.3 is 14.8 Å². The molecule has 1 aliphatic carbocycles. The molecule has 3 aromatic rings. The van der Waals surface area contributed by atoms with Gasteiger partial charge in [0.2, 0.25) is 0 Å². The van der Waals surface area contributed by atoms with Gasteiger partial charge in [-0.15, -0.1) is 0 Å². The van der Waals surface area contributed by atoms with Gasteiger partial charge in [-0.3, -0.25) is 4.90 Å². The summed E-state index contributed by atoms with van der Waals surface area (Å²) in [6.07, 6.45) is 8.41. The summed E-state index contributed by atoms with van der Waals surface area (Å²) in [6, 6.07) is 28.4. The number of hydrogen-bond acceptors (Lipinski definition) is 4. The van der Waals surface area contributed by atoms with E-state index in [1.54, 1.807) is 6.07 Å². The van der Waals surface area contributed by atoms with Gasteiger partial charge in [-0.25, -0.2) is 0 Å². The van der Waals surface area contributed by atoms with Gasteiger partial charge >= 0.3 is 0 Å². The van der Waals surface area contributed by atoms with Crippen LogP contribution >= 0.6 is 0 Å². The van der Waals surface area contributed by atoms with Gasteiger partial charge in [0.15, 0.2) is 0 Å². The van der Waals surface area contributed by atoms with E-state index >= 15 is 0 Å². The van der Waals surface area contributed by atoms with Crippen LogP contribution in [0, 0.1) is 5.41 Å². The number of nitrogens with zero attached hydrogens (tertiary/aromatic N) is 2. The molecule has 2 saturated heterocycles. The smallest absolute Gasteiger partial charge is 0.133 e. The number of phenols is 1. The fraction of sp³-hybridized carbons (Fsp3) is 0.387. The molecule has 4 heteroatoms. The lowest BCUT2D eigenvalue weighted by Gasteiger charge is -2.55. The van der Waals surface area contributed by atoms with E-state index in [0.717, 1.165) is 25.8 Å². The van der Waals surface area contributed by atoms with Gasteiger partial charge in [0.25, 0.3) is 0 Å². The quantitative estimate of drug-likeness (QED) is 0.496. The molecule has 6 rings (SSSR count). The highest BCUT2D eigenvalue weighted by Crippen LogP contribution is 2.42. The number of hydrogen-bond donors (Lipinski definition) is 1. The van der Waals surface area contributed by atoms with Crippen LogP contribution in [0.5, 0.6) is 5.75 Å². The standard InChI is InChI=1S/C15H20N2O.C10H12O.C6H6/c18-11-10-16-8-6-15(7-9-16)12-17(13-15)14-4-2-1-3-5-14;11-10-6-5-8-3-1-2-4-9(8)7-10;1-2-4-6-5-3-1/h1-5,11H,6-10,12-13H2;5-7,11H,1-4H2;1-6H. The normalized spacial score (nSPS) is 18.1. The van der Waals surface area contributed by atoms with E-state index in [1.807, 2.05) is 48.5 Å². The van der Waals surface area contributed by atoms with Crippen molar-refractivity contribution in [2.24, 2.45) is 5.41 Å². The first kappa shape index (κ1) is 25.0. The first-order valence-electron chi connectivity index (χ1n) is 12.9. The van der Waals surface area contributed by atoms with Gasteiger partial charge in [0.1, 0.15) is 12.0 Å². The Labute approximate surface area is 210 Å². The number of phenolic OH excluding ortho intramolecular Hbond substituents is 1. The van der Waals surface area contributed by atoms with Crippen molar-refractivity contribution in [1.29, 1.82) is 0 Å². The van der Waals surface area contributed by atoms with Crippen LogP contribution < -0.4 is 4.90 Å². The molecule has 4 nitrogen and oxygen atoms in total. The molecule has 0 radical (unpaired) electrons. The Balaban J connectivity index is 0.000000143. The number of likely N-dealkylation sites (tertiary alicyclic amines) is 1. The molecule has 1 spiro atoms. The molecule has 0 amide bonds. The Morgan fingerprint density at radius 3 is 1.94 bits per heavy atom. The van der Waals surface area contributed by atoms with Gasteiger partial charge in [0, 0.05) is 24.2 Å². The Morgan fingerprint density at radius 2 is 1.34 bits per heavy atom. The van der Waals surface area contributed by atoms with Gasteiger partial charge in [-0.05, 0) is 87.0 Å². The highest BCUT2D eigenvalue weighted by Gasteiger charge is 2.44. The van der Waals surface area contributed by atoms with Crippen molar-refractivity contribution in [2.45, 2.75) is 38.5 Å². The topological polar surface area (TPSA) is 43.8 Å². The summed E-state index contributed by atoms with van der Waals surface area (Å²) in [6.45, 7) is 5.15. The molecule has 0 bridgehead atoms. The number of para-hydroxylation sites is 1. The number of benzene rings is 3. The zero-order valence-electron chi connectivity index (χ0n) is 20.7. The van der Waals surface area contributed by atoms with Crippen molar-refractivity contribution in [3.05, 3.63) is 96.1 Å². The average Bonchev–Trinajstić information content (AvgIpc) is 2.90. The predicted octanol–water partition coefficient (Wildman–Crippen LogP) is 5.75. The summed E-state index contributed by atoms with van der Waals surface area (Å²) >= 11 is 0. The molecule has 3 aromatic carbocycles. The van der Waals surface area contributed by atoms with Crippen molar-refractivity contribution < 1.29 is 9.90 Å². The molecule has 35 heavy (non-hydrogen) atoms. The van der Waals surface area contributed by atoms with E-state index in [0.29, 0.717) is 17.7 Å². The van der Waals surface area contributed by atoms with E-state index in [4.69, 9.17) is 0 Å². The number of fused-ring (bicyclic) bond motifs is 1. The highest BCUT2D eigenvalue weighted by molar-refractivity contribution is 5.52. The SMILES string of the molecule is O=CCN1CCC2(CC1)CN(c1ccccc1)C2.Oc1ccc2c(c1)CCCC2.c1ccccc1. The van der Waals surface area contributed by atoms with E-state index in [-0.39, 0.29) is 0 Å². The van der Waals surface area contributed by atoms with E-state index in [2.05, 4.69) is 40.1 Å². The van der Waals surface area contributed by atoms with Crippen LogP contribution in [0.25, 0.3) is 0 Å². The second-order valence-corrected chi connectivity index (χ2v) is 9.97. The lowest BCUT2D eigenvalue weighted by atomic mass is 9.72. The lowest BCUT2D eigenvalue weighted by molar-refractivity contribution is -0.109. The maximum absolute atomic E-state index is 10.5. The minimum Gasteiger partial charge on any atom is -0.508 e. The molecule has 3 aliphatic rings. The third-order valence-electron chi connectivity index (χ3n) is 7.42. The third-order valence-corrected chi connectivity index (χ3v) is 7.42. The van der Waals surface area contributed by atoms with Crippen molar-refractivity contribution in [3.8, 4) is 5.75 Å². The van der Waals surface area contributed by atoms with Crippen LogP contribution in [0.1, 0.15) is 36.8 Å². The number of rotatable bonds is 3. The second-order valence-electron chi connectivity index (χ2n) is 9.97. The molecular formula is C31H38N2O2. The number of aldehydes is 1. The van der Waals surface area contributed by atoms with Crippen LogP contribution in [0.4, 0.5) is 5.69 Å². The van der Waals surface area contributed by atoms with Crippen molar-refractivity contribution >= 4 is 12.0 Å². The monoisotopic (exact) mass is 470 g/mol. The number of piperidine rings is 1. The summed E-state index contributed by atoms with van der Waals surface area (Å²) in [4.78, 5) is 15.2. The van der Waals surface area contributed by atoms with Crippen molar-refractivity contribution in [3.63, 3.8) is 0 Å². The molecular weight excluding hydrogens is 432 g/mol. The lowest BCUT2D eigenvalue weighted by Crippen LogP contribution is -2.60. The number of aromatic hydroxyl groups is 1. The Bertz CT molecular complexity index is 996.